The van der Waals surface area contributed by atoms with Crippen molar-refractivity contribution in [3.8, 4) is 10.6 Å². The molecule has 7 heteroatoms. The van der Waals surface area contributed by atoms with Gasteiger partial charge in [-0.2, -0.15) is 0 Å². The third kappa shape index (κ3) is 4.11. The van der Waals surface area contributed by atoms with Crippen LogP contribution in [-0.4, -0.2) is 51.9 Å². The quantitative estimate of drug-likeness (QED) is 0.774. The van der Waals surface area contributed by atoms with Crippen molar-refractivity contribution < 1.29 is 15.0 Å². The summed E-state index contributed by atoms with van der Waals surface area (Å²) < 4.78 is 0. The highest BCUT2D eigenvalue weighted by molar-refractivity contribution is 7.13. The number of aliphatic hydroxyl groups is 1. The zero-order valence-electron chi connectivity index (χ0n) is 13.3. The molecule has 2 heterocycles. The van der Waals surface area contributed by atoms with Gasteiger partial charge in [-0.15, -0.1) is 11.3 Å². The number of aliphatic hydroxyl groups excluding tert-OH is 1. The van der Waals surface area contributed by atoms with Crippen LogP contribution in [0.5, 0.6) is 0 Å². The van der Waals surface area contributed by atoms with Gasteiger partial charge in [-0.25, -0.2) is 9.78 Å². The number of nitrogens with zero attached hydrogens (tertiary/aromatic N) is 2. The third-order valence-corrected chi connectivity index (χ3v) is 5.16. The zero-order valence-corrected chi connectivity index (χ0v) is 14.1. The Morgan fingerprint density at radius 1 is 1.33 bits per heavy atom. The molecule has 1 atom stereocenters. The molecule has 1 aliphatic heterocycles. The van der Waals surface area contributed by atoms with Gasteiger partial charge in [0.05, 0.1) is 6.10 Å². The lowest BCUT2D eigenvalue weighted by atomic mass is 10.0. The van der Waals surface area contributed by atoms with Crippen molar-refractivity contribution in [2.24, 2.45) is 0 Å². The molecule has 1 saturated heterocycles. The minimum atomic E-state index is -0.853. The second-order valence-electron chi connectivity index (χ2n) is 5.93. The molecular formula is C17H21N3O3S. The van der Waals surface area contributed by atoms with E-state index in [9.17, 15) is 9.90 Å². The second kappa shape index (κ2) is 7.74. The maximum absolute atomic E-state index is 10.9. The van der Waals surface area contributed by atoms with Crippen LogP contribution in [0.1, 0.15) is 24.5 Å². The minimum absolute atomic E-state index is 0.254. The van der Waals surface area contributed by atoms with Crippen LogP contribution in [-0.2, 0) is 0 Å². The predicted molar refractivity (Wildman–Crippen MR) is 93.1 cm³/mol. The molecule has 24 heavy (non-hydrogen) atoms. The largest absolute Gasteiger partial charge is 0.465 e. The number of rotatable bonds is 5. The molecule has 0 spiro atoms. The first-order valence-corrected chi connectivity index (χ1v) is 8.90. The standard InChI is InChI=1S/C17H21N3O3S/c21-15(11-19-14-5-8-20(9-6-14)17(22)23)12-1-3-13(4-2-12)16-18-7-10-24-16/h1-4,7,10,14-15,19,21H,5-6,8-9,11H2,(H,22,23). The Bertz CT molecular complexity index is 652. The van der Waals surface area contributed by atoms with Gasteiger partial charge in [0.1, 0.15) is 5.01 Å². The summed E-state index contributed by atoms with van der Waals surface area (Å²) >= 11 is 1.59. The van der Waals surface area contributed by atoms with Gasteiger partial charge in [0.25, 0.3) is 0 Å². The molecule has 1 aromatic carbocycles. The van der Waals surface area contributed by atoms with Crippen LogP contribution in [0.2, 0.25) is 0 Å². The average molecular weight is 347 g/mol. The molecule has 1 aliphatic rings. The van der Waals surface area contributed by atoms with E-state index in [4.69, 9.17) is 5.11 Å². The minimum Gasteiger partial charge on any atom is -0.465 e. The normalized spacial score (nSPS) is 17.0. The number of aromatic nitrogens is 1. The van der Waals surface area contributed by atoms with Crippen LogP contribution in [0.25, 0.3) is 10.6 Å². The van der Waals surface area contributed by atoms with Gasteiger partial charge in [0.15, 0.2) is 0 Å². The summed E-state index contributed by atoms with van der Waals surface area (Å²) in [5.41, 5.74) is 1.92. The molecule has 0 bridgehead atoms. The van der Waals surface area contributed by atoms with E-state index in [1.54, 1.807) is 17.5 Å². The van der Waals surface area contributed by atoms with Crippen molar-refractivity contribution >= 4 is 17.4 Å². The Hall–Kier alpha value is -1.96. The van der Waals surface area contributed by atoms with Crippen LogP contribution in [0.3, 0.4) is 0 Å². The van der Waals surface area contributed by atoms with Crippen molar-refractivity contribution in [3.05, 3.63) is 41.4 Å². The number of piperidine rings is 1. The summed E-state index contributed by atoms with van der Waals surface area (Å²) in [6.07, 6.45) is 1.91. The summed E-state index contributed by atoms with van der Waals surface area (Å²) in [5.74, 6) is 0. The van der Waals surface area contributed by atoms with E-state index in [0.29, 0.717) is 19.6 Å². The summed E-state index contributed by atoms with van der Waals surface area (Å²) in [7, 11) is 0. The average Bonchev–Trinajstić information content (AvgIpc) is 3.15. The number of thiazole rings is 1. The second-order valence-corrected chi connectivity index (χ2v) is 6.82. The molecular weight excluding hydrogens is 326 g/mol. The number of hydrogen-bond acceptors (Lipinski definition) is 5. The van der Waals surface area contributed by atoms with Crippen molar-refractivity contribution in [2.75, 3.05) is 19.6 Å². The van der Waals surface area contributed by atoms with E-state index in [1.807, 2.05) is 29.6 Å². The van der Waals surface area contributed by atoms with E-state index < -0.39 is 12.2 Å². The van der Waals surface area contributed by atoms with Gasteiger partial charge in [0.2, 0.25) is 0 Å². The lowest BCUT2D eigenvalue weighted by Crippen LogP contribution is -2.45. The van der Waals surface area contributed by atoms with Gasteiger partial charge in [-0.05, 0) is 18.4 Å². The molecule has 0 radical (unpaired) electrons. The topological polar surface area (TPSA) is 85.7 Å². The maximum atomic E-state index is 10.9. The number of hydrogen-bond donors (Lipinski definition) is 3. The fraction of sp³-hybridized carbons (Fsp3) is 0.412. The van der Waals surface area contributed by atoms with Gasteiger partial charge < -0.3 is 20.4 Å². The summed E-state index contributed by atoms with van der Waals surface area (Å²) in [5, 5.41) is 25.5. The van der Waals surface area contributed by atoms with Crippen molar-refractivity contribution in [3.63, 3.8) is 0 Å². The Kier molecular flexibility index (Phi) is 5.44. The monoisotopic (exact) mass is 347 g/mol. The first-order chi connectivity index (χ1) is 11.6. The molecule has 1 unspecified atom stereocenters. The number of nitrogens with one attached hydrogen (secondary N) is 1. The first-order valence-electron chi connectivity index (χ1n) is 8.02. The number of amides is 1. The van der Waals surface area contributed by atoms with E-state index in [1.165, 1.54) is 4.90 Å². The zero-order chi connectivity index (χ0) is 16.9. The smallest absolute Gasteiger partial charge is 0.407 e. The Morgan fingerprint density at radius 2 is 2.04 bits per heavy atom. The molecule has 0 aliphatic carbocycles. The van der Waals surface area contributed by atoms with Crippen LogP contribution in [0.15, 0.2) is 35.8 Å². The molecule has 6 nitrogen and oxygen atoms in total. The number of carbonyl (C=O) groups is 1. The van der Waals surface area contributed by atoms with E-state index in [2.05, 4.69) is 10.3 Å². The molecule has 3 N–H and O–H groups in total. The Balaban J connectivity index is 1.49. The Labute approximate surface area is 144 Å². The van der Waals surface area contributed by atoms with Crippen molar-refractivity contribution in [1.82, 2.24) is 15.2 Å². The molecule has 1 aromatic heterocycles. The SMILES string of the molecule is O=C(O)N1CCC(NCC(O)c2ccc(-c3nccs3)cc2)CC1. The third-order valence-electron chi connectivity index (χ3n) is 4.34. The van der Waals surface area contributed by atoms with E-state index in [-0.39, 0.29) is 6.04 Å². The first kappa shape index (κ1) is 16.9. The van der Waals surface area contributed by atoms with Gasteiger partial charge in [0, 0.05) is 42.8 Å². The lowest BCUT2D eigenvalue weighted by molar-refractivity contribution is 0.123. The van der Waals surface area contributed by atoms with Gasteiger partial charge in [-0.1, -0.05) is 24.3 Å². The van der Waals surface area contributed by atoms with E-state index >= 15 is 0 Å². The number of carboxylic acid groups (broad SMARTS) is 1. The molecule has 128 valence electrons. The van der Waals surface area contributed by atoms with Crippen LogP contribution in [0, 0.1) is 0 Å². The molecule has 1 fully saturated rings. The molecule has 2 aromatic rings. The van der Waals surface area contributed by atoms with E-state index in [0.717, 1.165) is 29.0 Å². The summed E-state index contributed by atoms with van der Waals surface area (Å²) in [6, 6.07) is 8.06. The number of benzene rings is 1. The van der Waals surface area contributed by atoms with Crippen molar-refractivity contribution in [2.45, 2.75) is 25.0 Å². The fourth-order valence-corrected chi connectivity index (χ4v) is 3.53. The van der Waals surface area contributed by atoms with Crippen LogP contribution < -0.4 is 5.32 Å². The number of likely N-dealkylation sites (tertiary alicyclic amines) is 1. The molecule has 3 rings (SSSR count). The summed E-state index contributed by atoms with van der Waals surface area (Å²) in [4.78, 5) is 16.6. The van der Waals surface area contributed by atoms with Gasteiger partial charge >= 0.3 is 6.09 Å². The van der Waals surface area contributed by atoms with Crippen LogP contribution in [0.4, 0.5) is 4.79 Å². The maximum Gasteiger partial charge on any atom is 0.407 e. The Morgan fingerprint density at radius 3 is 2.62 bits per heavy atom. The highest BCUT2D eigenvalue weighted by Crippen LogP contribution is 2.23. The summed E-state index contributed by atoms with van der Waals surface area (Å²) in [6.45, 7) is 1.56. The predicted octanol–water partition coefficient (Wildman–Crippen LogP) is 2.58. The van der Waals surface area contributed by atoms with Crippen LogP contribution >= 0.6 is 11.3 Å². The molecule has 1 amide bonds. The molecule has 0 saturated carbocycles. The fourth-order valence-electron chi connectivity index (χ4n) is 2.88. The lowest BCUT2D eigenvalue weighted by Gasteiger charge is -2.31. The highest BCUT2D eigenvalue weighted by atomic mass is 32.1. The highest BCUT2D eigenvalue weighted by Gasteiger charge is 2.22. The van der Waals surface area contributed by atoms with Crippen molar-refractivity contribution in [1.29, 1.82) is 0 Å². The van der Waals surface area contributed by atoms with Gasteiger partial charge in [-0.3, -0.25) is 0 Å².